The zero-order valence-electron chi connectivity index (χ0n) is 10.8. The van der Waals surface area contributed by atoms with Gasteiger partial charge in [0.1, 0.15) is 5.75 Å². The van der Waals surface area contributed by atoms with Gasteiger partial charge in [0, 0.05) is 16.5 Å². The zero-order valence-corrected chi connectivity index (χ0v) is 14.0. The molecule has 0 unspecified atom stereocenters. The van der Waals surface area contributed by atoms with E-state index in [9.17, 15) is 4.79 Å². The first kappa shape index (κ1) is 15.3. The molecule has 0 radical (unpaired) electrons. The molecule has 0 saturated heterocycles. The molecule has 0 N–H and O–H groups in total. The van der Waals surface area contributed by atoms with Crippen molar-refractivity contribution < 1.29 is 9.53 Å². The molecule has 2 nitrogen and oxygen atoms in total. The van der Waals surface area contributed by atoms with E-state index in [0.29, 0.717) is 19.4 Å². The fourth-order valence-electron chi connectivity index (χ4n) is 1.76. The van der Waals surface area contributed by atoms with Crippen LogP contribution in [0.1, 0.15) is 23.2 Å². The van der Waals surface area contributed by atoms with Crippen LogP contribution >= 0.6 is 31.9 Å². The summed E-state index contributed by atoms with van der Waals surface area (Å²) in [4.78, 5) is 12.0. The number of halogens is 2. The molecule has 0 atom stereocenters. The maximum Gasteiger partial charge on any atom is 0.163 e. The average molecular weight is 398 g/mol. The number of carbonyl (C=O) groups excluding carboxylic acids is 1. The Morgan fingerprint density at radius 2 is 1.70 bits per heavy atom. The molecule has 0 bridgehead atoms. The van der Waals surface area contributed by atoms with E-state index in [0.717, 1.165) is 20.3 Å². The van der Waals surface area contributed by atoms with Gasteiger partial charge in [-0.15, -0.1) is 0 Å². The summed E-state index contributed by atoms with van der Waals surface area (Å²) < 4.78 is 7.54. The van der Waals surface area contributed by atoms with Crippen LogP contribution in [0.3, 0.4) is 0 Å². The Morgan fingerprint density at radius 3 is 2.40 bits per heavy atom. The van der Waals surface area contributed by atoms with E-state index in [-0.39, 0.29) is 5.78 Å². The second kappa shape index (κ2) is 7.60. The Morgan fingerprint density at radius 1 is 1.00 bits per heavy atom. The number of carbonyl (C=O) groups is 1. The molecular weight excluding hydrogens is 384 g/mol. The van der Waals surface area contributed by atoms with Crippen molar-refractivity contribution in [2.24, 2.45) is 0 Å². The third kappa shape index (κ3) is 4.46. The average Bonchev–Trinajstić information content (AvgIpc) is 2.46. The maximum absolute atomic E-state index is 12.0. The molecule has 2 aromatic rings. The molecule has 4 heteroatoms. The van der Waals surface area contributed by atoms with E-state index in [1.807, 2.05) is 48.5 Å². The minimum atomic E-state index is 0.147. The third-order valence-electron chi connectivity index (χ3n) is 2.81. The topological polar surface area (TPSA) is 26.3 Å². The maximum atomic E-state index is 12.0. The van der Waals surface area contributed by atoms with Gasteiger partial charge in [-0.05, 0) is 46.6 Å². The van der Waals surface area contributed by atoms with E-state index in [2.05, 4.69) is 31.9 Å². The zero-order chi connectivity index (χ0) is 14.4. The molecule has 0 fully saturated rings. The molecule has 0 spiro atoms. The number of rotatable bonds is 6. The van der Waals surface area contributed by atoms with Crippen LogP contribution in [0.25, 0.3) is 0 Å². The van der Waals surface area contributed by atoms with Gasteiger partial charge in [-0.3, -0.25) is 4.79 Å². The van der Waals surface area contributed by atoms with Gasteiger partial charge in [-0.2, -0.15) is 0 Å². The van der Waals surface area contributed by atoms with Crippen LogP contribution in [0, 0.1) is 0 Å². The van der Waals surface area contributed by atoms with E-state index in [1.54, 1.807) is 0 Å². The highest BCUT2D eigenvalue weighted by atomic mass is 79.9. The normalized spacial score (nSPS) is 10.3. The molecule has 0 aliphatic carbocycles. The highest BCUT2D eigenvalue weighted by molar-refractivity contribution is 9.10. The Balaban J connectivity index is 1.77. The Bertz CT molecular complexity index is 579. The summed E-state index contributed by atoms with van der Waals surface area (Å²) in [6, 6.07) is 15.1. The van der Waals surface area contributed by atoms with Crippen LogP contribution in [-0.4, -0.2) is 12.4 Å². The smallest absolute Gasteiger partial charge is 0.163 e. The van der Waals surface area contributed by atoms with Crippen LogP contribution in [0.2, 0.25) is 0 Å². The summed E-state index contributed by atoms with van der Waals surface area (Å²) in [5, 5.41) is 0. The van der Waals surface area contributed by atoms with E-state index >= 15 is 0 Å². The lowest BCUT2D eigenvalue weighted by Crippen LogP contribution is -2.04. The second-order valence-electron chi connectivity index (χ2n) is 4.31. The lowest BCUT2D eigenvalue weighted by molar-refractivity contribution is 0.0973. The number of Topliss-reactive ketones (excluding diaryl/α,β-unsaturated/α-hetero) is 1. The molecule has 20 heavy (non-hydrogen) atoms. The molecule has 104 valence electrons. The first-order chi connectivity index (χ1) is 9.66. The van der Waals surface area contributed by atoms with Gasteiger partial charge in [0.2, 0.25) is 0 Å². The molecule has 0 aliphatic heterocycles. The van der Waals surface area contributed by atoms with Crippen molar-refractivity contribution in [2.45, 2.75) is 12.8 Å². The highest BCUT2D eigenvalue weighted by Gasteiger charge is 2.06. The fourth-order valence-corrected chi connectivity index (χ4v) is 2.42. The van der Waals surface area contributed by atoms with Crippen LogP contribution in [0.4, 0.5) is 0 Å². The monoisotopic (exact) mass is 396 g/mol. The number of ketones is 1. The molecule has 0 aromatic heterocycles. The molecular formula is C16H14Br2O2. The number of para-hydroxylation sites is 1. The molecule has 0 heterocycles. The van der Waals surface area contributed by atoms with Crippen LogP contribution in [0.5, 0.6) is 5.75 Å². The minimum Gasteiger partial charge on any atom is -0.492 e. The van der Waals surface area contributed by atoms with Crippen LogP contribution in [-0.2, 0) is 0 Å². The fraction of sp³-hybridized carbons (Fsp3) is 0.188. The van der Waals surface area contributed by atoms with Gasteiger partial charge in [0.15, 0.2) is 5.78 Å². The standard InChI is InChI=1S/C16H14Br2O2/c17-13-9-7-12(8-10-13)15(19)5-3-11-20-16-6-2-1-4-14(16)18/h1-2,4,6-10H,3,5,11H2. The molecule has 2 rings (SSSR count). The summed E-state index contributed by atoms with van der Waals surface area (Å²) in [5.74, 6) is 0.955. The lowest BCUT2D eigenvalue weighted by Gasteiger charge is -2.07. The summed E-state index contributed by atoms with van der Waals surface area (Å²) in [6.07, 6.45) is 1.20. The number of benzene rings is 2. The Hall–Kier alpha value is -1.13. The van der Waals surface area contributed by atoms with Crippen molar-refractivity contribution in [2.75, 3.05) is 6.61 Å². The van der Waals surface area contributed by atoms with Crippen molar-refractivity contribution in [1.82, 2.24) is 0 Å². The van der Waals surface area contributed by atoms with Gasteiger partial charge in [0.05, 0.1) is 11.1 Å². The Kier molecular flexibility index (Phi) is 5.80. The minimum absolute atomic E-state index is 0.147. The first-order valence-electron chi connectivity index (χ1n) is 6.33. The molecule has 0 aliphatic rings. The van der Waals surface area contributed by atoms with Crippen LogP contribution < -0.4 is 4.74 Å². The van der Waals surface area contributed by atoms with Gasteiger partial charge >= 0.3 is 0 Å². The summed E-state index contributed by atoms with van der Waals surface area (Å²) in [6.45, 7) is 0.533. The quantitative estimate of drug-likeness (QED) is 0.491. The van der Waals surface area contributed by atoms with Crippen molar-refractivity contribution in [3.05, 3.63) is 63.0 Å². The predicted octanol–water partition coefficient (Wildman–Crippen LogP) is 5.25. The van der Waals surface area contributed by atoms with Crippen molar-refractivity contribution >= 4 is 37.6 Å². The molecule has 2 aromatic carbocycles. The highest BCUT2D eigenvalue weighted by Crippen LogP contribution is 2.24. The first-order valence-corrected chi connectivity index (χ1v) is 7.91. The van der Waals surface area contributed by atoms with Gasteiger partial charge in [-0.1, -0.05) is 40.2 Å². The van der Waals surface area contributed by atoms with E-state index < -0.39 is 0 Å². The molecule has 0 amide bonds. The number of hydrogen-bond donors (Lipinski definition) is 0. The van der Waals surface area contributed by atoms with E-state index in [1.165, 1.54) is 0 Å². The van der Waals surface area contributed by atoms with Gasteiger partial charge in [0.25, 0.3) is 0 Å². The van der Waals surface area contributed by atoms with E-state index in [4.69, 9.17) is 4.74 Å². The summed E-state index contributed by atoms with van der Waals surface area (Å²) in [7, 11) is 0. The number of hydrogen-bond acceptors (Lipinski definition) is 2. The molecule has 0 saturated carbocycles. The summed E-state index contributed by atoms with van der Waals surface area (Å²) in [5.41, 5.74) is 0.745. The largest absolute Gasteiger partial charge is 0.492 e. The lowest BCUT2D eigenvalue weighted by atomic mass is 10.1. The number of ether oxygens (including phenoxy) is 1. The SMILES string of the molecule is O=C(CCCOc1ccccc1Br)c1ccc(Br)cc1. The van der Waals surface area contributed by atoms with Crippen molar-refractivity contribution in [3.63, 3.8) is 0 Å². The Labute approximate surface area is 135 Å². The second-order valence-corrected chi connectivity index (χ2v) is 6.08. The van der Waals surface area contributed by atoms with Crippen LogP contribution in [0.15, 0.2) is 57.5 Å². The third-order valence-corrected chi connectivity index (χ3v) is 3.99. The van der Waals surface area contributed by atoms with Crippen molar-refractivity contribution in [3.8, 4) is 5.75 Å². The van der Waals surface area contributed by atoms with Gasteiger partial charge < -0.3 is 4.74 Å². The predicted molar refractivity (Wildman–Crippen MR) is 87.3 cm³/mol. The summed E-state index contributed by atoms with van der Waals surface area (Å²) >= 11 is 6.78. The van der Waals surface area contributed by atoms with Gasteiger partial charge in [-0.25, -0.2) is 0 Å². The van der Waals surface area contributed by atoms with Crippen molar-refractivity contribution in [1.29, 1.82) is 0 Å².